The molecule has 6 heteroatoms. The van der Waals surface area contributed by atoms with E-state index in [-0.39, 0.29) is 5.95 Å². The first-order chi connectivity index (χ1) is 7.24. The Labute approximate surface area is 97.6 Å². The van der Waals surface area contributed by atoms with Gasteiger partial charge in [-0.2, -0.15) is 4.98 Å². The smallest absolute Gasteiger partial charge is 0.221 e. The van der Waals surface area contributed by atoms with Gasteiger partial charge in [-0.05, 0) is 29.3 Å². The van der Waals surface area contributed by atoms with Gasteiger partial charge >= 0.3 is 0 Å². The molecule has 1 aromatic rings. The maximum absolute atomic E-state index is 5.47. The number of ether oxygens (including phenoxy) is 1. The number of nitrogen functional groups attached to an aromatic ring is 1. The van der Waals surface area contributed by atoms with Crippen LogP contribution in [0.3, 0.4) is 0 Å². The first kappa shape index (κ1) is 12.2. The minimum atomic E-state index is 0.269. The van der Waals surface area contributed by atoms with Crippen LogP contribution >= 0.6 is 15.9 Å². The lowest BCUT2D eigenvalue weighted by Crippen LogP contribution is -2.08. The Balaban J connectivity index is 2.33. The van der Waals surface area contributed by atoms with Crippen LogP contribution in [0.25, 0.3) is 0 Å². The summed E-state index contributed by atoms with van der Waals surface area (Å²) < 4.78 is 6.03. The molecule has 0 spiro atoms. The highest BCUT2D eigenvalue weighted by atomic mass is 79.9. The van der Waals surface area contributed by atoms with Gasteiger partial charge in [-0.1, -0.05) is 0 Å². The zero-order chi connectivity index (χ0) is 11.1. The second kappa shape index (κ2) is 6.58. The van der Waals surface area contributed by atoms with Crippen molar-refractivity contribution in [3.63, 3.8) is 0 Å². The van der Waals surface area contributed by atoms with Crippen LogP contribution < -0.4 is 11.1 Å². The van der Waals surface area contributed by atoms with Crippen LogP contribution in [0.2, 0.25) is 0 Å². The van der Waals surface area contributed by atoms with Gasteiger partial charge in [0.25, 0.3) is 0 Å². The molecule has 0 atom stereocenters. The topological polar surface area (TPSA) is 73.1 Å². The highest BCUT2D eigenvalue weighted by molar-refractivity contribution is 9.10. The number of hydrogen-bond donors (Lipinski definition) is 2. The molecule has 0 saturated heterocycles. The van der Waals surface area contributed by atoms with E-state index in [1.165, 1.54) is 0 Å². The molecule has 15 heavy (non-hydrogen) atoms. The van der Waals surface area contributed by atoms with E-state index < -0.39 is 0 Å². The molecule has 84 valence electrons. The maximum Gasteiger partial charge on any atom is 0.221 e. The highest BCUT2D eigenvalue weighted by Crippen LogP contribution is 2.18. The van der Waals surface area contributed by atoms with E-state index >= 15 is 0 Å². The Bertz CT molecular complexity index is 308. The van der Waals surface area contributed by atoms with E-state index in [0.717, 1.165) is 36.5 Å². The lowest BCUT2D eigenvalue weighted by Gasteiger charge is -2.07. The first-order valence-electron chi connectivity index (χ1n) is 4.83. The normalized spacial score (nSPS) is 10.3. The van der Waals surface area contributed by atoms with Crippen LogP contribution in [0.1, 0.15) is 13.3 Å². The number of hydrogen-bond acceptors (Lipinski definition) is 5. The van der Waals surface area contributed by atoms with E-state index in [9.17, 15) is 0 Å². The molecular formula is C9H15BrN4O. The van der Waals surface area contributed by atoms with Crippen LogP contribution in [0.15, 0.2) is 10.7 Å². The third-order valence-corrected chi connectivity index (χ3v) is 2.31. The Hall–Kier alpha value is -0.880. The van der Waals surface area contributed by atoms with E-state index in [0.29, 0.717) is 0 Å². The van der Waals surface area contributed by atoms with Crippen molar-refractivity contribution >= 4 is 27.7 Å². The van der Waals surface area contributed by atoms with Crippen LogP contribution in [0.5, 0.6) is 0 Å². The van der Waals surface area contributed by atoms with Crippen LogP contribution in [0.4, 0.5) is 11.8 Å². The number of rotatable bonds is 6. The third-order valence-electron chi connectivity index (χ3n) is 1.72. The predicted molar refractivity (Wildman–Crippen MR) is 63.7 cm³/mol. The molecule has 0 radical (unpaired) electrons. The summed E-state index contributed by atoms with van der Waals surface area (Å²) in [6, 6.07) is 0. The van der Waals surface area contributed by atoms with Crippen LogP contribution in [0, 0.1) is 0 Å². The number of nitrogens with one attached hydrogen (secondary N) is 1. The largest absolute Gasteiger partial charge is 0.382 e. The number of anilines is 2. The average molecular weight is 275 g/mol. The van der Waals surface area contributed by atoms with Gasteiger partial charge in [0.15, 0.2) is 0 Å². The van der Waals surface area contributed by atoms with Gasteiger partial charge < -0.3 is 15.8 Å². The van der Waals surface area contributed by atoms with Gasteiger partial charge in [0.2, 0.25) is 5.95 Å². The molecule has 0 saturated carbocycles. The van der Waals surface area contributed by atoms with E-state index in [1.54, 1.807) is 6.20 Å². The summed E-state index contributed by atoms with van der Waals surface area (Å²) in [4.78, 5) is 7.91. The maximum atomic E-state index is 5.47. The van der Waals surface area contributed by atoms with Crippen molar-refractivity contribution in [2.45, 2.75) is 13.3 Å². The molecule has 1 heterocycles. The fourth-order valence-corrected chi connectivity index (χ4v) is 1.36. The zero-order valence-electron chi connectivity index (χ0n) is 8.66. The Kier molecular flexibility index (Phi) is 5.34. The summed E-state index contributed by atoms with van der Waals surface area (Å²) in [7, 11) is 0. The molecule has 0 aliphatic rings. The van der Waals surface area contributed by atoms with Crippen LogP contribution in [-0.2, 0) is 4.74 Å². The van der Waals surface area contributed by atoms with Crippen molar-refractivity contribution in [2.24, 2.45) is 0 Å². The molecule has 0 bridgehead atoms. The minimum Gasteiger partial charge on any atom is -0.382 e. The molecule has 0 aliphatic carbocycles. The van der Waals surface area contributed by atoms with E-state index in [4.69, 9.17) is 10.5 Å². The van der Waals surface area contributed by atoms with Gasteiger partial charge in [-0.3, -0.25) is 0 Å². The quantitative estimate of drug-likeness (QED) is 0.772. The second-order valence-corrected chi connectivity index (χ2v) is 3.76. The van der Waals surface area contributed by atoms with Crippen molar-refractivity contribution in [1.82, 2.24) is 9.97 Å². The molecule has 5 nitrogen and oxygen atoms in total. The summed E-state index contributed by atoms with van der Waals surface area (Å²) in [6.45, 7) is 4.29. The van der Waals surface area contributed by atoms with Crippen LogP contribution in [-0.4, -0.2) is 29.7 Å². The molecule has 1 rings (SSSR count). The SMILES string of the molecule is CCOCCCNc1nc(N)ncc1Br. The Morgan fingerprint density at radius 2 is 2.40 bits per heavy atom. The third kappa shape index (κ3) is 4.44. The van der Waals surface area contributed by atoms with Gasteiger partial charge in [-0.15, -0.1) is 0 Å². The first-order valence-corrected chi connectivity index (χ1v) is 5.63. The summed E-state index contributed by atoms with van der Waals surface area (Å²) in [5, 5.41) is 3.15. The fourth-order valence-electron chi connectivity index (χ4n) is 1.03. The molecule has 0 fully saturated rings. The zero-order valence-corrected chi connectivity index (χ0v) is 10.2. The van der Waals surface area contributed by atoms with Gasteiger partial charge in [-0.25, -0.2) is 4.98 Å². The molecule has 0 aliphatic heterocycles. The number of aromatic nitrogens is 2. The van der Waals surface area contributed by atoms with Crippen molar-refractivity contribution < 1.29 is 4.74 Å². The van der Waals surface area contributed by atoms with Gasteiger partial charge in [0, 0.05) is 26.0 Å². The number of nitrogens with zero attached hydrogens (tertiary/aromatic N) is 2. The Morgan fingerprint density at radius 3 is 3.13 bits per heavy atom. The average Bonchev–Trinajstić information content (AvgIpc) is 2.23. The molecule has 3 N–H and O–H groups in total. The summed E-state index contributed by atoms with van der Waals surface area (Å²) >= 11 is 3.34. The summed E-state index contributed by atoms with van der Waals surface area (Å²) in [5.74, 6) is 0.990. The highest BCUT2D eigenvalue weighted by Gasteiger charge is 2.01. The predicted octanol–water partition coefficient (Wildman–Crippen LogP) is 1.66. The number of halogens is 1. The van der Waals surface area contributed by atoms with Crippen molar-refractivity contribution in [3.8, 4) is 0 Å². The Morgan fingerprint density at radius 1 is 1.60 bits per heavy atom. The van der Waals surface area contributed by atoms with E-state index in [1.807, 2.05) is 6.92 Å². The summed E-state index contributed by atoms with van der Waals surface area (Å²) in [6.07, 6.45) is 2.57. The molecule has 0 amide bonds. The molecule has 1 aromatic heterocycles. The fraction of sp³-hybridized carbons (Fsp3) is 0.556. The van der Waals surface area contributed by atoms with Crippen molar-refractivity contribution in [2.75, 3.05) is 30.8 Å². The van der Waals surface area contributed by atoms with Crippen molar-refractivity contribution in [1.29, 1.82) is 0 Å². The second-order valence-electron chi connectivity index (χ2n) is 2.90. The van der Waals surface area contributed by atoms with Gasteiger partial charge in [0.05, 0.1) is 4.47 Å². The van der Waals surface area contributed by atoms with E-state index in [2.05, 4.69) is 31.2 Å². The molecular weight excluding hydrogens is 260 g/mol. The lowest BCUT2D eigenvalue weighted by atomic mass is 10.4. The lowest BCUT2D eigenvalue weighted by molar-refractivity contribution is 0.147. The monoisotopic (exact) mass is 274 g/mol. The molecule has 0 unspecified atom stereocenters. The molecule has 0 aromatic carbocycles. The summed E-state index contributed by atoms with van der Waals surface area (Å²) in [5.41, 5.74) is 5.47. The minimum absolute atomic E-state index is 0.269. The number of nitrogens with two attached hydrogens (primary N) is 1. The van der Waals surface area contributed by atoms with Crippen molar-refractivity contribution in [3.05, 3.63) is 10.7 Å². The van der Waals surface area contributed by atoms with Gasteiger partial charge in [0.1, 0.15) is 5.82 Å². The standard InChI is InChI=1S/C9H15BrN4O/c1-2-15-5-3-4-12-8-7(10)6-13-9(11)14-8/h6H,2-5H2,1H3,(H3,11,12,13,14).